The third-order valence-electron chi connectivity index (χ3n) is 5.68. The van der Waals surface area contributed by atoms with Crippen molar-refractivity contribution in [3.63, 3.8) is 0 Å². The highest BCUT2D eigenvalue weighted by Gasteiger charge is 2.18. The molecule has 174 valence electrons. The molecule has 7 nitrogen and oxygen atoms in total. The summed E-state index contributed by atoms with van der Waals surface area (Å²) >= 11 is 0. The van der Waals surface area contributed by atoms with E-state index in [9.17, 15) is 13.2 Å². The van der Waals surface area contributed by atoms with E-state index in [4.69, 9.17) is 0 Å². The molecule has 1 fully saturated rings. The van der Waals surface area contributed by atoms with Gasteiger partial charge < -0.3 is 15.1 Å². The lowest BCUT2D eigenvalue weighted by atomic mass is 10.1. The highest BCUT2D eigenvalue weighted by atomic mass is 32.2. The second-order valence-corrected chi connectivity index (χ2v) is 10.6. The maximum atomic E-state index is 12.4. The summed E-state index contributed by atoms with van der Waals surface area (Å²) in [6, 6.07) is 13.6. The van der Waals surface area contributed by atoms with Gasteiger partial charge in [-0.05, 0) is 74.8 Å². The Hall–Kier alpha value is -2.58. The van der Waals surface area contributed by atoms with Crippen molar-refractivity contribution in [3.05, 3.63) is 53.6 Å². The van der Waals surface area contributed by atoms with E-state index in [1.54, 1.807) is 0 Å². The summed E-state index contributed by atoms with van der Waals surface area (Å²) in [5, 5.41) is 2.92. The molecule has 0 spiro atoms. The maximum Gasteiger partial charge on any atom is 0.232 e. The van der Waals surface area contributed by atoms with E-state index < -0.39 is 10.0 Å². The molecular formula is C24H34N4O3S. The van der Waals surface area contributed by atoms with Crippen LogP contribution in [0.25, 0.3) is 0 Å². The number of nitrogens with one attached hydrogen (secondary N) is 1. The molecular weight excluding hydrogens is 424 g/mol. The number of sulfonamides is 1. The van der Waals surface area contributed by atoms with Crippen LogP contribution in [0, 0.1) is 13.8 Å². The van der Waals surface area contributed by atoms with Gasteiger partial charge in [-0.15, -0.1) is 0 Å². The Morgan fingerprint density at radius 2 is 1.59 bits per heavy atom. The van der Waals surface area contributed by atoms with Gasteiger partial charge in [-0.1, -0.05) is 6.07 Å². The van der Waals surface area contributed by atoms with Gasteiger partial charge in [0.1, 0.15) is 0 Å². The number of hydrogen-bond donors (Lipinski definition) is 1. The minimum absolute atomic E-state index is 0.119. The molecule has 3 rings (SSSR count). The van der Waals surface area contributed by atoms with E-state index in [0.29, 0.717) is 12.1 Å². The molecule has 0 unspecified atom stereocenters. The van der Waals surface area contributed by atoms with Crippen molar-refractivity contribution in [2.24, 2.45) is 0 Å². The maximum absolute atomic E-state index is 12.4. The highest BCUT2D eigenvalue weighted by molar-refractivity contribution is 7.92. The number of benzene rings is 2. The van der Waals surface area contributed by atoms with E-state index in [-0.39, 0.29) is 18.9 Å². The Labute approximate surface area is 192 Å². The number of carbonyl (C=O) groups excluding carboxylic acids is 1. The molecule has 0 bridgehead atoms. The minimum Gasteiger partial charge on any atom is -0.369 e. The fourth-order valence-corrected chi connectivity index (χ4v) is 4.96. The van der Waals surface area contributed by atoms with Crippen LogP contribution in [0.3, 0.4) is 0 Å². The molecule has 1 amide bonds. The molecule has 1 saturated heterocycles. The zero-order valence-corrected chi connectivity index (χ0v) is 20.3. The number of amides is 1. The van der Waals surface area contributed by atoms with Gasteiger partial charge in [-0.2, -0.15) is 0 Å². The Morgan fingerprint density at radius 1 is 1.00 bits per heavy atom. The van der Waals surface area contributed by atoms with Gasteiger partial charge in [0.2, 0.25) is 15.9 Å². The fraction of sp³-hybridized carbons (Fsp3) is 0.458. The molecule has 8 heteroatoms. The van der Waals surface area contributed by atoms with Crippen molar-refractivity contribution in [1.29, 1.82) is 0 Å². The molecule has 1 heterocycles. The summed E-state index contributed by atoms with van der Waals surface area (Å²) in [6.45, 7) is 8.24. The average Bonchev–Trinajstić information content (AvgIpc) is 2.71. The monoisotopic (exact) mass is 458 g/mol. The van der Waals surface area contributed by atoms with Crippen LogP contribution in [0.15, 0.2) is 42.5 Å². The summed E-state index contributed by atoms with van der Waals surface area (Å²) in [4.78, 5) is 17.1. The number of anilines is 3. The lowest BCUT2D eigenvalue weighted by Gasteiger charge is -2.34. The third kappa shape index (κ3) is 6.71. The molecule has 0 saturated carbocycles. The molecule has 2 aromatic rings. The molecule has 0 radical (unpaired) electrons. The summed E-state index contributed by atoms with van der Waals surface area (Å²) in [6.07, 6.45) is 1.88. The molecule has 0 aliphatic carbocycles. The summed E-state index contributed by atoms with van der Waals surface area (Å²) < 4.78 is 26.0. The Balaban J connectivity index is 1.53. The van der Waals surface area contributed by atoms with Crippen LogP contribution in [0.2, 0.25) is 0 Å². The van der Waals surface area contributed by atoms with E-state index in [0.717, 1.165) is 48.7 Å². The zero-order valence-electron chi connectivity index (χ0n) is 19.5. The average molecular weight is 459 g/mol. The first-order chi connectivity index (χ1) is 15.1. The Morgan fingerprint density at radius 3 is 2.16 bits per heavy atom. The van der Waals surface area contributed by atoms with Crippen molar-refractivity contribution in [3.8, 4) is 0 Å². The number of hydrogen-bond acceptors (Lipinski definition) is 5. The van der Waals surface area contributed by atoms with Gasteiger partial charge in [0, 0.05) is 50.5 Å². The standard InChI is InChI=1S/C24H34N4O3S/c1-19-16-20(2)18-23(17-19)28(32(4,30)31)11-5-6-24(29)25-21-7-9-22(10-8-21)27-14-12-26(3)13-15-27/h7-10,16-18H,5-6,11-15H2,1-4H3,(H,25,29). The smallest absolute Gasteiger partial charge is 0.232 e. The first-order valence-corrected chi connectivity index (χ1v) is 12.9. The van der Waals surface area contributed by atoms with Gasteiger partial charge in [-0.3, -0.25) is 9.10 Å². The first-order valence-electron chi connectivity index (χ1n) is 11.0. The van der Waals surface area contributed by atoms with Gasteiger partial charge in [-0.25, -0.2) is 8.42 Å². The van der Waals surface area contributed by atoms with Crippen LogP contribution >= 0.6 is 0 Å². The van der Waals surface area contributed by atoms with Crippen molar-refractivity contribution in [1.82, 2.24) is 4.90 Å². The largest absolute Gasteiger partial charge is 0.369 e. The van der Waals surface area contributed by atoms with Crippen molar-refractivity contribution < 1.29 is 13.2 Å². The fourth-order valence-electron chi connectivity index (χ4n) is 4.01. The number of rotatable bonds is 8. The van der Waals surface area contributed by atoms with Gasteiger partial charge in [0.05, 0.1) is 11.9 Å². The van der Waals surface area contributed by atoms with Crippen LogP contribution in [0.5, 0.6) is 0 Å². The number of likely N-dealkylation sites (N-methyl/N-ethyl adjacent to an activating group) is 1. The number of aryl methyl sites for hydroxylation is 2. The van der Waals surface area contributed by atoms with Gasteiger partial charge in [0.15, 0.2) is 0 Å². The van der Waals surface area contributed by atoms with Crippen LogP contribution in [0.4, 0.5) is 17.1 Å². The van der Waals surface area contributed by atoms with Gasteiger partial charge >= 0.3 is 0 Å². The third-order valence-corrected chi connectivity index (χ3v) is 6.87. The zero-order chi connectivity index (χ0) is 23.3. The second-order valence-electron chi connectivity index (χ2n) is 8.67. The summed E-state index contributed by atoms with van der Waals surface area (Å²) in [7, 11) is -1.30. The predicted molar refractivity (Wildman–Crippen MR) is 132 cm³/mol. The second kappa shape index (κ2) is 10.4. The van der Waals surface area contributed by atoms with E-state index >= 15 is 0 Å². The van der Waals surface area contributed by atoms with Crippen LogP contribution in [0.1, 0.15) is 24.0 Å². The van der Waals surface area contributed by atoms with Crippen LogP contribution in [-0.4, -0.2) is 65.3 Å². The van der Waals surface area contributed by atoms with E-state index in [1.807, 2.05) is 56.3 Å². The van der Waals surface area contributed by atoms with Crippen LogP contribution < -0.4 is 14.5 Å². The Bertz CT molecular complexity index is 1010. The van der Waals surface area contributed by atoms with Crippen molar-refractivity contribution >= 4 is 33.0 Å². The molecule has 1 N–H and O–H groups in total. The lowest BCUT2D eigenvalue weighted by molar-refractivity contribution is -0.116. The number of carbonyl (C=O) groups is 1. The predicted octanol–water partition coefficient (Wildman–Crippen LogP) is 3.24. The summed E-state index contributed by atoms with van der Waals surface area (Å²) in [5.74, 6) is -0.119. The molecule has 1 aliphatic heterocycles. The number of piperazine rings is 1. The topological polar surface area (TPSA) is 73.0 Å². The van der Waals surface area contributed by atoms with Crippen molar-refractivity contribution in [2.75, 3.05) is 60.5 Å². The quantitative estimate of drug-likeness (QED) is 0.658. The molecule has 2 aromatic carbocycles. The molecule has 1 aliphatic rings. The van der Waals surface area contributed by atoms with Gasteiger partial charge in [0.25, 0.3) is 0 Å². The molecule has 0 atom stereocenters. The lowest BCUT2D eigenvalue weighted by Crippen LogP contribution is -2.44. The molecule has 32 heavy (non-hydrogen) atoms. The first kappa shape index (κ1) is 24.1. The SMILES string of the molecule is Cc1cc(C)cc(N(CCCC(=O)Nc2ccc(N3CCN(C)CC3)cc2)S(C)(=O)=O)c1. The normalized spacial score (nSPS) is 14.9. The summed E-state index contributed by atoms with van der Waals surface area (Å²) in [5.41, 5.74) is 4.57. The molecule has 0 aromatic heterocycles. The van der Waals surface area contributed by atoms with Crippen LogP contribution in [-0.2, 0) is 14.8 Å². The highest BCUT2D eigenvalue weighted by Crippen LogP contribution is 2.22. The Kier molecular flexibility index (Phi) is 7.79. The van der Waals surface area contributed by atoms with E-state index in [1.165, 1.54) is 10.6 Å². The van der Waals surface area contributed by atoms with Crippen molar-refractivity contribution in [2.45, 2.75) is 26.7 Å². The van der Waals surface area contributed by atoms with E-state index in [2.05, 4.69) is 22.2 Å². The minimum atomic E-state index is -3.43. The number of nitrogens with zero attached hydrogens (tertiary/aromatic N) is 3.